The van der Waals surface area contributed by atoms with Crippen molar-refractivity contribution in [2.45, 2.75) is 6.61 Å². The van der Waals surface area contributed by atoms with Crippen LogP contribution in [0.3, 0.4) is 0 Å². The van der Waals surface area contributed by atoms with Crippen LogP contribution in [0.2, 0.25) is 0 Å². The fraction of sp³-hybridized carbons (Fsp3) is 0.250. The van der Waals surface area contributed by atoms with Crippen LogP contribution in [0.15, 0.2) is 28.9 Å². The molecule has 5 heteroatoms. The lowest BCUT2D eigenvalue weighted by atomic mass is 10.2. The van der Waals surface area contributed by atoms with E-state index in [2.05, 4.69) is 20.9 Å². The highest BCUT2D eigenvalue weighted by molar-refractivity contribution is 9.10. The third kappa shape index (κ3) is 2.21. The first kappa shape index (κ1) is 12.1. The van der Waals surface area contributed by atoms with E-state index in [-0.39, 0.29) is 6.61 Å². The Morgan fingerprint density at radius 1 is 1.35 bits per heavy atom. The van der Waals surface area contributed by atoms with Gasteiger partial charge in [0.05, 0.1) is 19.4 Å². The van der Waals surface area contributed by atoms with Crippen molar-refractivity contribution in [1.82, 2.24) is 9.55 Å². The predicted molar refractivity (Wildman–Crippen MR) is 68.8 cm³/mol. The van der Waals surface area contributed by atoms with Gasteiger partial charge in [0, 0.05) is 12.6 Å². The number of benzene rings is 1. The van der Waals surface area contributed by atoms with Gasteiger partial charge in [-0.1, -0.05) is 0 Å². The van der Waals surface area contributed by atoms with Gasteiger partial charge >= 0.3 is 0 Å². The molecule has 17 heavy (non-hydrogen) atoms. The maximum absolute atomic E-state index is 9.23. The number of methoxy groups -OCH3 is 1. The summed E-state index contributed by atoms with van der Waals surface area (Å²) < 4.78 is 7.65. The molecule has 0 saturated heterocycles. The molecule has 4 nitrogen and oxygen atoms in total. The third-order valence-corrected chi connectivity index (χ3v) is 3.30. The molecule has 1 N–H and O–H groups in total. The van der Waals surface area contributed by atoms with Gasteiger partial charge in [0.2, 0.25) is 0 Å². The summed E-state index contributed by atoms with van der Waals surface area (Å²) in [5.74, 6) is 1.62. The molecular weight excluding hydrogens is 284 g/mol. The average Bonchev–Trinajstić information content (AvgIpc) is 2.64. The van der Waals surface area contributed by atoms with E-state index in [9.17, 15) is 5.11 Å². The fourth-order valence-electron chi connectivity index (χ4n) is 1.67. The molecule has 0 fully saturated rings. The number of hydrogen-bond donors (Lipinski definition) is 1. The zero-order chi connectivity index (χ0) is 12.4. The minimum Gasteiger partial charge on any atom is -0.497 e. The van der Waals surface area contributed by atoms with Gasteiger partial charge in [-0.25, -0.2) is 4.98 Å². The largest absolute Gasteiger partial charge is 0.497 e. The topological polar surface area (TPSA) is 47.3 Å². The second-order valence-electron chi connectivity index (χ2n) is 3.62. The Morgan fingerprint density at radius 2 is 2.00 bits per heavy atom. The van der Waals surface area contributed by atoms with Gasteiger partial charge in [0.15, 0.2) is 0 Å². The van der Waals surface area contributed by atoms with Gasteiger partial charge in [-0.05, 0) is 40.2 Å². The smallest absolute Gasteiger partial charge is 0.141 e. The van der Waals surface area contributed by atoms with E-state index in [1.807, 2.05) is 35.9 Å². The van der Waals surface area contributed by atoms with Crippen molar-refractivity contribution in [2.24, 2.45) is 7.05 Å². The van der Waals surface area contributed by atoms with Gasteiger partial charge in [-0.15, -0.1) is 0 Å². The Balaban J connectivity index is 2.45. The molecule has 0 aliphatic carbocycles. The van der Waals surface area contributed by atoms with Crippen molar-refractivity contribution in [3.63, 3.8) is 0 Å². The average molecular weight is 297 g/mol. The highest BCUT2D eigenvalue weighted by Crippen LogP contribution is 2.26. The van der Waals surface area contributed by atoms with E-state index in [0.717, 1.165) is 22.8 Å². The molecule has 0 unspecified atom stereocenters. The molecule has 0 aliphatic rings. The molecule has 90 valence electrons. The number of rotatable bonds is 3. The number of hydrogen-bond acceptors (Lipinski definition) is 3. The van der Waals surface area contributed by atoms with E-state index >= 15 is 0 Å². The van der Waals surface area contributed by atoms with Crippen LogP contribution in [-0.4, -0.2) is 21.8 Å². The minimum absolute atomic E-state index is 0.0414. The Labute approximate surface area is 108 Å². The molecule has 0 bridgehead atoms. The molecule has 0 aliphatic heterocycles. The monoisotopic (exact) mass is 296 g/mol. The Kier molecular flexibility index (Phi) is 3.49. The van der Waals surface area contributed by atoms with Crippen molar-refractivity contribution in [3.05, 3.63) is 34.6 Å². The number of imidazole rings is 1. The lowest BCUT2D eigenvalue weighted by Gasteiger charge is -2.05. The zero-order valence-corrected chi connectivity index (χ0v) is 11.2. The molecule has 0 amide bonds. The Morgan fingerprint density at radius 3 is 2.47 bits per heavy atom. The van der Waals surface area contributed by atoms with Crippen LogP contribution in [-0.2, 0) is 13.7 Å². The van der Waals surface area contributed by atoms with Crippen molar-refractivity contribution in [2.75, 3.05) is 7.11 Å². The second kappa shape index (κ2) is 4.89. The molecular formula is C12H13BrN2O2. The highest BCUT2D eigenvalue weighted by atomic mass is 79.9. The van der Waals surface area contributed by atoms with Gasteiger partial charge in [0.25, 0.3) is 0 Å². The van der Waals surface area contributed by atoms with Gasteiger partial charge < -0.3 is 14.4 Å². The molecule has 1 heterocycles. The summed E-state index contributed by atoms with van der Waals surface area (Å²) in [4.78, 5) is 4.39. The second-order valence-corrected chi connectivity index (χ2v) is 4.37. The summed E-state index contributed by atoms with van der Waals surface area (Å²) >= 11 is 3.34. The van der Waals surface area contributed by atoms with Crippen LogP contribution >= 0.6 is 15.9 Å². The predicted octanol–water partition coefficient (Wildman–Crippen LogP) is 2.35. The number of aliphatic hydroxyl groups is 1. The number of aromatic nitrogens is 2. The normalized spacial score (nSPS) is 10.6. The van der Waals surface area contributed by atoms with Crippen LogP contribution in [0.4, 0.5) is 0 Å². The summed E-state index contributed by atoms with van der Waals surface area (Å²) in [5.41, 5.74) is 1.74. The molecule has 0 radical (unpaired) electrons. The van der Waals surface area contributed by atoms with Gasteiger partial charge in [0.1, 0.15) is 16.2 Å². The first-order chi connectivity index (χ1) is 8.17. The van der Waals surface area contributed by atoms with Crippen molar-refractivity contribution >= 4 is 15.9 Å². The van der Waals surface area contributed by atoms with Crippen molar-refractivity contribution < 1.29 is 9.84 Å². The van der Waals surface area contributed by atoms with Crippen LogP contribution in [0.25, 0.3) is 11.4 Å². The molecule has 2 rings (SSSR count). The molecule has 1 aromatic carbocycles. The summed E-state index contributed by atoms with van der Waals surface area (Å²) in [6, 6.07) is 7.65. The quantitative estimate of drug-likeness (QED) is 0.946. The minimum atomic E-state index is -0.0414. The summed E-state index contributed by atoms with van der Waals surface area (Å²) in [6.07, 6.45) is 0. The van der Waals surface area contributed by atoms with E-state index in [1.165, 1.54) is 0 Å². The summed E-state index contributed by atoms with van der Waals surface area (Å²) in [6.45, 7) is -0.0414. The van der Waals surface area contributed by atoms with Crippen molar-refractivity contribution in [3.8, 4) is 17.1 Å². The fourth-order valence-corrected chi connectivity index (χ4v) is 2.23. The lowest BCUT2D eigenvalue weighted by Crippen LogP contribution is -1.98. The molecule has 1 aromatic heterocycles. The first-order valence-corrected chi connectivity index (χ1v) is 5.93. The number of nitrogens with zero attached hydrogens (tertiary/aromatic N) is 2. The number of aliphatic hydroxyl groups excluding tert-OH is 1. The van der Waals surface area contributed by atoms with Crippen LogP contribution in [0.5, 0.6) is 5.75 Å². The van der Waals surface area contributed by atoms with E-state index in [1.54, 1.807) is 7.11 Å². The molecule has 0 atom stereocenters. The molecule has 0 spiro atoms. The summed E-state index contributed by atoms with van der Waals surface area (Å²) in [7, 11) is 3.51. The first-order valence-electron chi connectivity index (χ1n) is 5.13. The maximum atomic E-state index is 9.23. The Hall–Kier alpha value is -1.33. The van der Waals surface area contributed by atoms with Gasteiger partial charge in [-0.3, -0.25) is 0 Å². The van der Waals surface area contributed by atoms with E-state index in [4.69, 9.17) is 4.74 Å². The number of halogens is 1. The van der Waals surface area contributed by atoms with Crippen LogP contribution in [0.1, 0.15) is 5.69 Å². The van der Waals surface area contributed by atoms with Crippen LogP contribution < -0.4 is 4.74 Å². The summed E-state index contributed by atoms with van der Waals surface area (Å²) in [5, 5.41) is 9.23. The zero-order valence-electron chi connectivity index (χ0n) is 9.64. The van der Waals surface area contributed by atoms with Gasteiger partial charge in [-0.2, -0.15) is 0 Å². The highest BCUT2D eigenvalue weighted by Gasteiger charge is 2.13. The molecule has 0 saturated carbocycles. The Bertz CT molecular complexity index is 520. The third-order valence-electron chi connectivity index (χ3n) is 2.66. The van der Waals surface area contributed by atoms with E-state index in [0.29, 0.717) is 4.60 Å². The standard InChI is InChI=1S/C12H13BrN2O2/c1-15-10(7-16)11(13)14-12(15)8-3-5-9(17-2)6-4-8/h3-6,16H,7H2,1-2H3. The van der Waals surface area contributed by atoms with Crippen molar-refractivity contribution in [1.29, 1.82) is 0 Å². The molecule has 2 aromatic rings. The number of ether oxygens (including phenoxy) is 1. The van der Waals surface area contributed by atoms with E-state index < -0.39 is 0 Å². The SMILES string of the molecule is COc1ccc(-c2nc(Br)c(CO)n2C)cc1. The lowest BCUT2D eigenvalue weighted by molar-refractivity contribution is 0.272. The maximum Gasteiger partial charge on any atom is 0.141 e. The van der Waals surface area contributed by atoms with Crippen LogP contribution in [0, 0.1) is 0 Å².